The van der Waals surface area contributed by atoms with Crippen LogP contribution < -0.4 is 5.32 Å². The molecule has 0 unspecified atom stereocenters. The molecule has 5 heteroatoms. The summed E-state index contributed by atoms with van der Waals surface area (Å²) >= 11 is 3.20. The lowest BCUT2D eigenvalue weighted by molar-refractivity contribution is 0.0872. The summed E-state index contributed by atoms with van der Waals surface area (Å²) in [5.41, 5.74) is 0. The van der Waals surface area contributed by atoms with E-state index in [0.717, 1.165) is 25.9 Å². The maximum Gasteiger partial charge on any atom is 0.287 e. The second-order valence-electron chi connectivity index (χ2n) is 4.98. The first-order chi connectivity index (χ1) is 8.56. The molecule has 0 aromatic carbocycles. The molecule has 0 radical (unpaired) electrons. The van der Waals surface area contributed by atoms with Crippen LogP contribution >= 0.6 is 15.9 Å². The minimum absolute atomic E-state index is 0.122. The molecule has 1 aliphatic heterocycles. The SMILES string of the molecule is CC(C)N1CCC(NC(=O)c2ccc(Br)o2)CC1. The Morgan fingerprint density at radius 2 is 2.11 bits per heavy atom. The molecule has 1 aliphatic rings. The average Bonchev–Trinajstić information content (AvgIpc) is 2.76. The molecular formula is C13H19BrN2O2. The molecule has 0 aliphatic carbocycles. The number of carbonyl (C=O) groups excluding carboxylic acids is 1. The molecule has 2 rings (SSSR count). The highest BCUT2D eigenvalue weighted by molar-refractivity contribution is 9.10. The standard InChI is InChI=1S/C13H19BrN2O2/c1-9(2)16-7-5-10(6-8-16)15-13(17)11-3-4-12(14)18-11/h3-4,9-10H,5-8H2,1-2H3,(H,15,17). The molecular weight excluding hydrogens is 296 g/mol. The zero-order valence-electron chi connectivity index (χ0n) is 10.8. The number of hydrogen-bond acceptors (Lipinski definition) is 3. The van der Waals surface area contributed by atoms with E-state index in [-0.39, 0.29) is 11.9 Å². The third kappa shape index (κ3) is 3.36. The van der Waals surface area contributed by atoms with E-state index in [1.54, 1.807) is 12.1 Å². The van der Waals surface area contributed by atoms with E-state index in [1.807, 2.05) is 0 Å². The van der Waals surface area contributed by atoms with E-state index in [9.17, 15) is 4.79 Å². The zero-order valence-corrected chi connectivity index (χ0v) is 12.4. The predicted molar refractivity (Wildman–Crippen MR) is 73.6 cm³/mol. The highest BCUT2D eigenvalue weighted by atomic mass is 79.9. The van der Waals surface area contributed by atoms with Gasteiger partial charge in [-0.15, -0.1) is 0 Å². The second-order valence-corrected chi connectivity index (χ2v) is 5.76. The molecule has 0 saturated carbocycles. The maximum atomic E-state index is 11.9. The van der Waals surface area contributed by atoms with Gasteiger partial charge >= 0.3 is 0 Å². The minimum atomic E-state index is -0.122. The second kappa shape index (κ2) is 5.89. The number of piperidine rings is 1. The zero-order chi connectivity index (χ0) is 13.1. The summed E-state index contributed by atoms with van der Waals surface area (Å²) in [6.45, 7) is 6.51. The molecule has 0 bridgehead atoms. The van der Waals surface area contributed by atoms with Crippen LogP contribution in [0.1, 0.15) is 37.2 Å². The van der Waals surface area contributed by atoms with Crippen LogP contribution in [0, 0.1) is 0 Å². The fourth-order valence-electron chi connectivity index (χ4n) is 2.25. The van der Waals surface area contributed by atoms with Crippen molar-refractivity contribution in [3.8, 4) is 0 Å². The van der Waals surface area contributed by atoms with Crippen LogP contribution in [-0.2, 0) is 0 Å². The Hall–Kier alpha value is -0.810. The van der Waals surface area contributed by atoms with Gasteiger partial charge in [-0.1, -0.05) is 0 Å². The van der Waals surface area contributed by atoms with Gasteiger partial charge in [0.25, 0.3) is 5.91 Å². The van der Waals surface area contributed by atoms with Crippen molar-refractivity contribution in [1.29, 1.82) is 0 Å². The Kier molecular flexibility index (Phi) is 4.45. The van der Waals surface area contributed by atoms with Gasteiger partial charge in [-0.05, 0) is 54.8 Å². The number of hydrogen-bond donors (Lipinski definition) is 1. The smallest absolute Gasteiger partial charge is 0.287 e. The van der Waals surface area contributed by atoms with Crippen molar-refractivity contribution in [3.05, 3.63) is 22.6 Å². The lowest BCUT2D eigenvalue weighted by Gasteiger charge is -2.34. The molecule has 18 heavy (non-hydrogen) atoms. The summed E-state index contributed by atoms with van der Waals surface area (Å²) in [5.74, 6) is 0.247. The highest BCUT2D eigenvalue weighted by Gasteiger charge is 2.23. The van der Waals surface area contributed by atoms with E-state index < -0.39 is 0 Å². The topological polar surface area (TPSA) is 45.5 Å². The lowest BCUT2D eigenvalue weighted by Crippen LogP contribution is -2.46. The molecule has 1 fully saturated rings. The van der Waals surface area contributed by atoms with Gasteiger partial charge in [0.15, 0.2) is 10.4 Å². The first-order valence-electron chi connectivity index (χ1n) is 6.36. The molecule has 0 spiro atoms. The monoisotopic (exact) mass is 314 g/mol. The van der Waals surface area contributed by atoms with Crippen molar-refractivity contribution >= 4 is 21.8 Å². The Morgan fingerprint density at radius 1 is 1.44 bits per heavy atom. The van der Waals surface area contributed by atoms with Gasteiger partial charge in [0.1, 0.15) is 0 Å². The summed E-state index contributed by atoms with van der Waals surface area (Å²) in [4.78, 5) is 14.3. The summed E-state index contributed by atoms with van der Waals surface area (Å²) in [5, 5.41) is 3.03. The number of halogens is 1. The molecule has 1 aromatic rings. The molecule has 0 atom stereocenters. The van der Waals surface area contributed by atoms with Crippen molar-refractivity contribution in [2.45, 2.75) is 38.8 Å². The third-order valence-corrected chi connectivity index (χ3v) is 3.82. The maximum absolute atomic E-state index is 11.9. The van der Waals surface area contributed by atoms with Crippen LogP contribution in [-0.4, -0.2) is 36.0 Å². The van der Waals surface area contributed by atoms with Gasteiger partial charge in [0, 0.05) is 25.2 Å². The first kappa shape index (κ1) is 13.6. The van der Waals surface area contributed by atoms with Gasteiger partial charge in [-0.3, -0.25) is 4.79 Å². The van der Waals surface area contributed by atoms with Crippen LogP contribution in [0.3, 0.4) is 0 Å². The van der Waals surface area contributed by atoms with Crippen LogP contribution in [0.25, 0.3) is 0 Å². The van der Waals surface area contributed by atoms with Gasteiger partial charge in [0.2, 0.25) is 0 Å². The van der Waals surface area contributed by atoms with Crippen molar-refractivity contribution < 1.29 is 9.21 Å². The highest BCUT2D eigenvalue weighted by Crippen LogP contribution is 2.16. The minimum Gasteiger partial charge on any atom is -0.444 e. The van der Waals surface area contributed by atoms with Gasteiger partial charge in [0.05, 0.1) is 0 Å². The van der Waals surface area contributed by atoms with Crippen molar-refractivity contribution in [1.82, 2.24) is 10.2 Å². The van der Waals surface area contributed by atoms with Crippen LogP contribution in [0.2, 0.25) is 0 Å². The molecule has 1 amide bonds. The normalized spacial score (nSPS) is 18.2. The molecule has 1 saturated heterocycles. The molecule has 100 valence electrons. The third-order valence-electron chi connectivity index (χ3n) is 3.39. The Morgan fingerprint density at radius 3 is 2.61 bits per heavy atom. The number of amides is 1. The quantitative estimate of drug-likeness (QED) is 0.933. The van der Waals surface area contributed by atoms with Crippen LogP contribution in [0.5, 0.6) is 0 Å². The molecule has 1 N–H and O–H groups in total. The fourth-order valence-corrected chi connectivity index (χ4v) is 2.56. The number of nitrogens with zero attached hydrogens (tertiary/aromatic N) is 1. The van der Waals surface area contributed by atoms with Gasteiger partial charge in [-0.2, -0.15) is 0 Å². The molecule has 1 aromatic heterocycles. The van der Waals surface area contributed by atoms with E-state index in [1.165, 1.54) is 0 Å². The largest absolute Gasteiger partial charge is 0.444 e. The number of rotatable bonds is 3. The summed E-state index contributed by atoms with van der Waals surface area (Å²) in [6.07, 6.45) is 2.01. The first-order valence-corrected chi connectivity index (χ1v) is 7.16. The van der Waals surface area contributed by atoms with Gasteiger partial charge in [-0.25, -0.2) is 0 Å². The lowest BCUT2D eigenvalue weighted by atomic mass is 10.0. The summed E-state index contributed by atoms with van der Waals surface area (Å²) in [7, 11) is 0. The number of carbonyl (C=O) groups is 1. The predicted octanol–water partition coefficient (Wildman–Crippen LogP) is 2.64. The van der Waals surface area contributed by atoms with Gasteiger partial charge < -0.3 is 14.6 Å². The van der Waals surface area contributed by atoms with Crippen molar-refractivity contribution in [2.75, 3.05) is 13.1 Å². The van der Waals surface area contributed by atoms with Crippen LogP contribution in [0.4, 0.5) is 0 Å². The number of furan rings is 1. The average molecular weight is 315 g/mol. The van der Waals surface area contributed by atoms with Crippen LogP contribution in [0.15, 0.2) is 21.2 Å². The number of nitrogens with one attached hydrogen (secondary N) is 1. The van der Waals surface area contributed by atoms with E-state index in [2.05, 4.69) is 40.0 Å². The van der Waals surface area contributed by atoms with E-state index >= 15 is 0 Å². The van der Waals surface area contributed by atoms with E-state index in [4.69, 9.17) is 4.42 Å². The Labute approximate surface area is 116 Å². The Bertz CT molecular complexity index is 409. The summed E-state index contributed by atoms with van der Waals surface area (Å²) in [6, 6.07) is 4.26. The number of likely N-dealkylation sites (tertiary alicyclic amines) is 1. The molecule has 2 heterocycles. The van der Waals surface area contributed by atoms with Crippen molar-refractivity contribution in [2.24, 2.45) is 0 Å². The van der Waals surface area contributed by atoms with E-state index in [0.29, 0.717) is 16.5 Å². The Balaban J connectivity index is 1.83. The van der Waals surface area contributed by atoms with Crippen molar-refractivity contribution in [3.63, 3.8) is 0 Å². The summed E-state index contributed by atoms with van der Waals surface area (Å²) < 4.78 is 5.83. The molecule has 4 nitrogen and oxygen atoms in total. The fraction of sp³-hybridized carbons (Fsp3) is 0.615.